The lowest BCUT2D eigenvalue weighted by Crippen LogP contribution is -2.17. The number of amides is 1. The molecule has 0 aliphatic heterocycles. The van der Waals surface area contributed by atoms with Crippen LogP contribution in [0.4, 0.5) is 5.00 Å². The molecule has 0 bridgehead atoms. The first-order chi connectivity index (χ1) is 18.0. The van der Waals surface area contributed by atoms with Crippen molar-refractivity contribution in [3.05, 3.63) is 81.2 Å². The van der Waals surface area contributed by atoms with Gasteiger partial charge in [0.15, 0.2) is 0 Å². The van der Waals surface area contributed by atoms with Crippen LogP contribution in [0, 0.1) is 13.8 Å². The molecule has 5 rings (SSSR count). The third kappa shape index (κ3) is 5.03. The zero-order valence-corrected chi connectivity index (χ0v) is 22.5. The van der Waals surface area contributed by atoms with E-state index in [0.29, 0.717) is 22.7 Å². The number of nitrogens with one attached hydrogen (secondary N) is 1. The molecule has 1 amide bonds. The fraction of sp³-hybridized carbons (Fsp3) is 0.323. The minimum absolute atomic E-state index is 0.231. The van der Waals surface area contributed by atoms with Crippen LogP contribution in [0.1, 0.15) is 74.9 Å². The molecule has 0 radical (unpaired) electrons. The Morgan fingerprint density at radius 3 is 2.51 bits per heavy atom. The normalized spacial score (nSPS) is 13.2. The first-order valence-corrected chi connectivity index (χ1v) is 13.9. The Bertz CT molecular complexity index is 1470. The number of carbonyl (C=O) groups is 2. The number of anilines is 1. The van der Waals surface area contributed by atoms with E-state index in [1.54, 1.807) is 0 Å². The molecular formula is C31H32N2O3S. The second-order valence-corrected chi connectivity index (χ2v) is 10.8. The molecule has 190 valence electrons. The number of thiophene rings is 1. The summed E-state index contributed by atoms with van der Waals surface area (Å²) in [4.78, 5) is 33.2. The zero-order chi connectivity index (χ0) is 25.9. The van der Waals surface area contributed by atoms with E-state index in [1.807, 2.05) is 50.2 Å². The van der Waals surface area contributed by atoms with E-state index in [4.69, 9.17) is 9.72 Å². The lowest BCUT2D eigenvalue weighted by molar-refractivity contribution is 0.0505. The molecule has 0 saturated carbocycles. The van der Waals surface area contributed by atoms with Crippen LogP contribution in [0.25, 0.3) is 22.2 Å². The summed E-state index contributed by atoms with van der Waals surface area (Å²) in [6.45, 7) is 6.34. The van der Waals surface area contributed by atoms with Crippen LogP contribution >= 0.6 is 11.3 Å². The lowest BCUT2D eigenvalue weighted by Gasteiger charge is -2.15. The Kier molecular flexibility index (Phi) is 7.38. The highest BCUT2D eigenvalue weighted by molar-refractivity contribution is 7.17. The van der Waals surface area contributed by atoms with Gasteiger partial charge in [-0.2, -0.15) is 0 Å². The van der Waals surface area contributed by atoms with Crippen molar-refractivity contribution >= 4 is 39.1 Å². The summed E-state index contributed by atoms with van der Waals surface area (Å²) in [6.07, 6.45) is 5.81. The molecule has 4 aromatic rings. The van der Waals surface area contributed by atoms with E-state index in [-0.39, 0.29) is 11.9 Å². The molecule has 2 heterocycles. The highest BCUT2D eigenvalue weighted by Crippen LogP contribution is 2.39. The Morgan fingerprint density at radius 1 is 0.973 bits per heavy atom. The topological polar surface area (TPSA) is 68.3 Å². The summed E-state index contributed by atoms with van der Waals surface area (Å²) in [5.74, 6) is -0.571. The van der Waals surface area contributed by atoms with Gasteiger partial charge in [0.1, 0.15) is 5.00 Å². The number of hydrogen-bond acceptors (Lipinski definition) is 5. The third-order valence-electron chi connectivity index (χ3n) is 6.98. The maximum Gasteiger partial charge on any atom is 0.341 e. The molecule has 0 saturated heterocycles. The molecule has 6 heteroatoms. The standard InChI is InChI=1S/C31H32N2O3S/c1-4-18-36-31(35)27-23-11-6-5-7-13-25(23)37-30(27)33-29(34)26-20(3)28(21-16-14-19(2)15-17-21)32-24-12-9-8-10-22(24)26/h8-10,12,14-17H,4-7,11,13,18H2,1-3H3,(H,33,34). The van der Waals surface area contributed by atoms with Crippen molar-refractivity contribution in [3.63, 3.8) is 0 Å². The van der Waals surface area contributed by atoms with Crippen LogP contribution in [0.3, 0.4) is 0 Å². The van der Waals surface area contributed by atoms with Gasteiger partial charge in [-0.1, -0.05) is 61.4 Å². The molecule has 0 unspecified atom stereocenters. The van der Waals surface area contributed by atoms with Gasteiger partial charge < -0.3 is 10.1 Å². The van der Waals surface area contributed by atoms with Gasteiger partial charge in [-0.3, -0.25) is 4.79 Å². The number of para-hydroxylation sites is 1. The van der Waals surface area contributed by atoms with Crippen molar-refractivity contribution in [2.75, 3.05) is 11.9 Å². The van der Waals surface area contributed by atoms with Crippen LogP contribution in [0.15, 0.2) is 48.5 Å². The van der Waals surface area contributed by atoms with Gasteiger partial charge in [0.25, 0.3) is 5.91 Å². The number of aromatic nitrogens is 1. The molecule has 37 heavy (non-hydrogen) atoms. The first-order valence-electron chi connectivity index (χ1n) is 13.1. The minimum Gasteiger partial charge on any atom is -0.462 e. The molecule has 0 atom stereocenters. The van der Waals surface area contributed by atoms with Gasteiger partial charge in [-0.05, 0) is 63.1 Å². The monoisotopic (exact) mass is 512 g/mol. The van der Waals surface area contributed by atoms with Crippen molar-refractivity contribution in [2.24, 2.45) is 0 Å². The number of rotatable bonds is 6. The maximum absolute atomic E-state index is 14.0. The van der Waals surface area contributed by atoms with Crippen LogP contribution in [0.2, 0.25) is 0 Å². The van der Waals surface area contributed by atoms with Crippen molar-refractivity contribution in [1.29, 1.82) is 0 Å². The van der Waals surface area contributed by atoms with Gasteiger partial charge in [-0.15, -0.1) is 11.3 Å². The Labute approximate surface area is 221 Å². The van der Waals surface area contributed by atoms with Crippen LogP contribution in [-0.2, 0) is 17.6 Å². The average molecular weight is 513 g/mol. The van der Waals surface area contributed by atoms with E-state index < -0.39 is 0 Å². The fourth-order valence-corrected chi connectivity index (χ4v) is 6.34. The second kappa shape index (κ2) is 10.9. The van der Waals surface area contributed by atoms with Crippen LogP contribution < -0.4 is 5.32 Å². The highest BCUT2D eigenvalue weighted by Gasteiger charge is 2.28. The second-order valence-electron chi connectivity index (χ2n) is 9.70. The molecule has 0 fully saturated rings. The number of carbonyl (C=O) groups excluding carboxylic acids is 2. The summed E-state index contributed by atoms with van der Waals surface area (Å²) in [5.41, 5.74) is 6.67. The smallest absolute Gasteiger partial charge is 0.341 e. The van der Waals surface area contributed by atoms with Gasteiger partial charge >= 0.3 is 5.97 Å². The number of pyridine rings is 1. The van der Waals surface area contributed by atoms with Gasteiger partial charge in [0, 0.05) is 15.8 Å². The molecular weight excluding hydrogens is 480 g/mol. The predicted octanol–water partition coefficient (Wildman–Crippen LogP) is 7.67. The molecule has 1 aliphatic rings. The Morgan fingerprint density at radius 2 is 1.73 bits per heavy atom. The van der Waals surface area contributed by atoms with E-state index >= 15 is 0 Å². The minimum atomic E-state index is -0.340. The summed E-state index contributed by atoms with van der Waals surface area (Å²) >= 11 is 1.53. The predicted molar refractivity (Wildman–Crippen MR) is 151 cm³/mol. The quantitative estimate of drug-likeness (QED) is 0.213. The van der Waals surface area contributed by atoms with E-state index in [1.165, 1.54) is 21.8 Å². The number of benzene rings is 2. The largest absolute Gasteiger partial charge is 0.462 e. The molecule has 0 spiro atoms. The van der Waals surface area contributed by atoms with Crippen molar-refractivity contribution in [1.82, 2.24) is 4.98 Å². The summed E-state index contributed by atoms with van der Waals surface area (Å²) in [5, 5.41) is 4.52. The molecule has 1 N–H and O–H groups in total. The van der Waals surface area contributed by atoms with Crippen molar-refractivity contribution < 1.29 is 14.3 Å². The number of fused-ring (bicyclic) bond motifs is 2. The number of hydrogen-bond donors (Lipinski definition) is 1. The van der Waals surface area contributed by atoms with Crippen LogP contribution in [0.5, 0.6) is 0 Å². The zero-order valence-electron chi connectivity index (χ0n) is 21.6. The Hall–Kier alpha value is -3.51. The molecule has 2 aromatic carbocycles. The molecule has 5 nitrogen and oxygen atoms in total. The number of aryl methyl sites for hydroxylation is 2. The number of nitrogens with zero attached hydrogens (tertiary/aromatic N) is 1. The summed E-state index contributed by atoms with van der Waals surface area (Å²) in [7, 11) is 0. The highest BCUT2D eigenvalue weighted by atomic mass is 32.1. The first kappa shape index (κ1) is 25.2. The Balaban J connectivity index is 1.60. The van der Waals surface area contributed by atoms with Crippen molar-refractivity contribution in [2.45, 2.75) is 59.3 Å². The summed E-state index contributed by atoms with van der Waals surface area (Å²) in [6, 6.07) is 15.9. The molecule has 2 aromatic heterocycles. The van der Waals surface area contributed by atoms with E-state index in [2.05, 4.69) is 24.4 Å². The third-order valence-corrected chi connectivity index (χ3v) is 8.18. The number of esters is 1. The van der Waals surface area contributed by atoms with Gasteiger partial charge in [0.05, 0.1) is 28.9 Å². The molecule has 1 aliphatic carbocycles. The maximum atomic E-state index is 14.0. The number of ether oxygens (including phenoxy) is 1. The SMILES string of the molecule is CCCOC(=O)c1c(NC(=O)c2c(C)c(-c3ccc(C)cc3)nc3ccccc23)sc2c1CCCCC2. The van der Waals surface area contributed by atoms with E-state index in [9.17, 15) is 9.59 Å². The van der Waals surface area contributed by atoms with E-state index in [0.717, 1.165) is 71.8 Å². The lowest BCUT2D eigenvalue weighted by atomic mass is 9.96. The van der Waals surface area contributed by atoms with Crippen molar-refractivity contribution in [3.8, 4) is 11.3 Å². The van der Waals surface area contributed by atoms with Crippen LogP contribution in [-0.4, -0.2) is 23.5 Å². The fourth-order valence-electron chi connectivity index (χ4n) is 5.07. The van der Waals surface area contributed by atoms with Gasteiger partial charge in [-0.25, -0.2) is 9.78 Å². The van der Waals surface area contributed by atoms with Gasteiger partial charge in [0.2, 0.25) is 0 Å². The summed E-state index contributed by atoms with van der Waals surface area (Å²) < 4.78 is 5.56. The average Bonchev–Trinajstić information content (AvgIpc) is 3.07.